The van der Waals surface area contributed by atoms with Crippen molar-refractivity contribution in [2.24, 2.45) is 11.8 Å². The molecule has 0 aromatic heterocycles. The lowest BCUT2D eigenvalue weighted by atomic mass is 10.0. The van der Waals surface area contributed by atoms with Crippen molar-refractivity contribution >= 4 is 31.5 Å². The van der Waals surface area contributed by atoms with Crippen LogP contribution in [0.3, 0.4) is 0 Å². The Morgan fingerprint density at radius 3 is 2.53 bits per heavy atom. The van der Waals surface area contributed by atoms with Gasteiger partial charge in [-0.1, -0.05) is 25.7 Å². The van der Waals surface area contributed by atoms with Crippen LogP contribution in [0.1, 0.15) is 28.8 Å². The number of amides is 3. The number of nitrogens with zero attached hydrogens (tertiary/aromatic N) is 3. The van der Waals surface area contributed by atoms with Gasteiger partial charge in [-0.05, 0) is 36.4 Å². The summed E-state index contributed by atoms with van der Waals surface area (Å²) in [5.74, 6) is 0.685. The molecule has 3 atom stereocenters. The van der Waals surface area contributed by atoms with Gasteiger partial charge >= 0.3 is 0 Å². The molecule has 4 aliphatic heterocycles. The van der Waals surface area contributed by atoms with Gasteiger partial charge in [-0.2, -0.15) is 0 Å². The van der Waals surface area contributed by atoms with Crippen LogP contribution in [0.25, 0.3) is 0 Å². The summed E-state index contributed by atoms with van der Waals surface area (Å²) in [5.41, 5.74) is 2.83. The third-order valence-corrected chi connectivity index (χ3v) is 9.48. The summed E-state index contributed by atoms with van der Waals surface area (Å²) in [7, 11) is -1.26. The van der Waals surface area contributed by atoms with E-state index < -0.39 is 14.1 Å². The van der Waals surface area contributed by atoms with E-state index in [-0.39, 0.29) is 30.9 Å². The van der Waals surface area contributed by atoms with Crippen molar-refractivity contribution in [2.75, 3.05) is 44.4 Å². The highest BCUT2D eigenvalue weighted by atomic mass is 28.3. The second-order valence-corrected chi connectivity index (χ2v) is 17.0. The van der Waals surface area contributed by atoms with Gasteiger partial charge in [0.1, 0.15) is 12.8 Å². The number of nitrogens with one attached hydrogen (secondary N) is 1. The first-order chi connectivity index (χ1) is 16.2. The predicted molar refractivity (Wildman–Crippen MR) is 132 cm³/mol. The number of rotatable bonds is 7. The van der Waals surface area contributed by atoms with Crippen LogP contribution in [0.15, 0.2) is 18.2 Å². The third kappa shape index (κ3) is 4.41. The number of piperidine rings is 1. The van der Waals surface area contributed by atoms with Gasteiger partial charge in [0, 0.05) is 70.6 Å². The Kier molecular flexibility index (Phi) is 6.28. The van der Waals surface area contributed by atoms with Crippen molar-refractivity contribution in [2.45, 2.75) is 51.1 Å². The highest BCUT2D eigenvalue weighted by molar-refractivity contribution is 6.76. The molecular formula is C25H36N4O4Si. The molecule has 8 nitrogen and oxygen atoms in total. The number of anilines is 1. The largest absolute Gasteiger partial charge is 0.371 e. The molecule has 1 N–H and O–H groups in total. The minimum absolute atomic E-state index is 0.0243. The molecule has 184 valence electrons. The Bertz CT molecular complexity index is 982. The topological polar surface area (TPSA) is 82.2 Å². The number of benzene rings is 1. The van der Waals surface area contributed by atoms with Crippen molar-refractivity contribution in [3.63, 3.8) is 0 Å². The van der Waals surface area contributed by atoms with E-state index in [2.05, 4.69) is 35.9 Å². The molecule has 34 heavy (non-hydrogen) atoms. The van der Waals surface area contributed by atoms with E-state index in [0.717, 1.165) is 43.5 Å². The molecule has 5 rings (SSSR count). The highest BCUT2D eigenvalue weighted by Gasteiger charge is 2.44. The summed E-state index contributed by atoms with van der Waals surface area (Å²) >= 11 is 0. The van der Waals surface area contributed by atoms with Crippen LogP contribution in [0.4, 0.5) is 5.69 Å². The lowest BCUT2D eigenvalue weighted by Crippen LogP contribution is -2.55. The molecule has 4 aliphatic rings. The second kappa shape index (κ2) is 9.09. The standard InChI is InChI=1S/C25H36N4O4Si/c1-34(2,3)10-9-33-16-29-23(30)8-7-22(25(29)32)28-15-20-19(24(28)31)5-4-6-21(20)27-13-17-11-26-12-18(17)14-27/h4-6,17-18,22,26H,7-16H2,1-3H3/t17-,18+,22?. The van der Waals surface area contributed by atoms with E-state index in [4.69, 9.17) is 4.74 Å². The summed E-state index contributed by atoms with van der Waals surface area (Å²) in [6, 6.07) is 6.29. The average molecular weight is 485 g/mol. The van der Waals surface area contributed by atoms with E-state index in [1.807, 2.05) is 12.1 Å². The molecule has 0 radical (unpaired) electrons. The molecule has 0 bridgehead atoms. The molecule has 9 heteroatoms. The van der Waals surface area contributed by atoms with Gasteiger partial charge in [0.2, 0.25) is 5.91 Å². The first-order valence-corrected chi connectivity index (χ1v) is 16.2. The van der Waals surface area contributed by atoms with Crippen LogP contribution in [0, 0.1) is 11.8 Å². The van der Waals surface area contributed by atoms with E-state index >= 15 is 0 Å². The number of likely N-dealkylation sites (tertiary alicyclic amines) is 1. The quantitative estimate of drug-likeness (QED) is 0.363. The number of hydrogen-bond acceptors (Lipinski definition) is 6. The molecule has 0 spiro atoms. The van der Waals surface area contributed by atoms with Crippen molar-refractivity contribution in [3.8, 4) is 0 Å². The van der Waals surface area contributed by atoms with Crippen LogP contribution in [0.5, 0.6) is 0 Å². The number of carbonyl (C=O) groups excluding carboxylic acids is 3. The third-order valence-electron chi connectivity index (χ3n) is 7.78. The van der Waals surface area contributed by atoms with Gasteiger partial charge in [-0.3, -0.25) is 19.3 Å². The molecule has 0 aliphatic carbocycles. The van der Waals surface area contributed by atoms with Crippen LogP contribution in [0.2, 0.25) is 25.7 Å². The Morgan fingerprint density at radius 2 is 1.82 bits per heavy atom. The number of fused-ring (bicyclic) bond motifs is 2. The summed E-state index contributed by atoms with van der Waals surface area (Å²) in [6.45, 7) is 11.8. The van der Waals surface area contributed by atoms with Crippen LogP contribution in [-0.4, -0.2) is 81.2 Å². The molecule has 1 aromatic rings. The Morgan fingerprint density at radius 1 is 1.09 bits per heavy atom. The lowest BCUT2D eigenvalue weighted by Gasteiger charge is -2.35. The SMILES string of the molecule is C[Si](C)(C)CCOCN1C(=O)CCC(N2Cc3c(cccc3N3C[C@H]4CNC[C@H]4C3)C2=O)C1=O. The molecule has 1 aromatic carbocycles. The van der Waals surface area contributed by atoms with Gasteiger partial charge in [0.05, 0.1) is 0 Å². The minimum Gasteiger partial charge on any atom is -0.371 e. The van der Waals surface area contributed by atoms with Crippen LogP contribution < -0.4 is 10.2 Å². The number of imide groups is 1. The molecule has 3 fully saturated rings. The first kappa shape index (κ1) is 23.5. The molecule has 4 heterocycles. The fraction of sp³-hybridized carbons (Fsp3) is 0.640. The van der Waals surface area contributed by atoms with E-state index in [9.17, 15) is 14.4 Å². The second-order valence-electron chi connectivity index (χ2n) is 11.4. The number of carbonyl (C=O) groups is 3. The Balaban J connectivity index is 1.28. The zero-order chi connectivity index (χ0) is 24.0. The summed E-state index contributed by atoms with van der Waals surface area (Å²) in [6.07, 6.45) is 0.626. The maximum atomic E-state index is 13.4. The van der Waals surface area contributed by atoms with E-state index in [1.54, 1.807) is 4.90 Å². The first-order valence-electron chi connectivity index (χ1n) is 12.5. The average Bonchev–Trinajstić information content (AvgIpc) is 3.46. The molecule has 0 saturated carbocycles. The zero-order valence-corrected chi connectivity index (χ0v) is 21.5. The zero-order valence-electron chi connectivity index (χ0n) is 20.5. The monoisotopic (exact) mass is 484 g/mol. The molecule has 1 unspecified atom stereocenters. The lowest BCUT2D eigenvalue weighted by molar-refractivity contribution is -0.158. The fourth-order valence-electron chi connectivity index (χ4n) is 5.72. The van der Waals surface area contributed by atoms with Gasteiger partial charge in [-0.15, -0.1) is 0 Å². The summed E-state index contributed by atoms with van der Waals surface area (Å²) < 4.78 is 5.72. The van der Waals surface area contributed by atoms with Gasteiger partial charge in [0.25, 0.3) is 11.8 Å². The molecular weight excluding hydrogens is 448 g/mol. The maximum absolute atomic E-state index is 13.4. The molecule has 3 saturated heterocycles. The highest BCUT2D eigenvalue weighted by Crippen LogP contribution is 2.38. The summed E-state index contributed by atoms with van der Waals surface area (Å²) in [4.78, 5) is 44.5. The van der Waals surface area contributed by atoms with Crippen LogP contribution in [-0.2, 0) is 20.9 Å². The Hall–Kier alpha value is -2.23. The summed E-state index contributed by atoms with van der Waals surface area (Å²) in [5, 5.41) is 3.48. The van der Waals surface area contributed by atoms with Crippen molar-refractivity contribution in [1.29, 1.82) is 0 Å². The van der Waals surface area contributed by atoms with Crippen LogP contribution >= 0.6 is 0 Å². The van der Waals surface area contributed by atoms with Crippen molar-refractivity contribution in [3.05, 3.63) is 29.3 Å². The normalized spacial score (nSPS) is 27.1. The van der Waals surface area contributed by atoms with Gasteiger partial charge < -0.3 is 19.9 Å². The van der Waals surface area contributed by atoms with E-state index in [0.29, 0.717) is 37.0 Å². The number of ether oxygens (including phenoxy) is 1. The molecule has 3 amide bonds. The van der Waals surface area contributed by atoms with Gasteiger partial charge in [-0.25, -0.2) is 0 Å². The van der Waals surface area contributed by atoms with Gasteiger partial charge in [0.15, 0.2) is 0 Å². The Labute approximate surface area is 202 Å². The van der Waals surface area contributed by atoms with E-state index in [1.165, 1.54) is 4.90 Å². The maximum Gasteiger partial charge on any atom is 0.255 e. The minimum atomic E-state index is -1.26. The predicted octanol–water partition coefficient (Wildman–Crippen LogP) is 2.13. The smallest absolute Gasteiger partial charge is 0.255 e. The number of hydrogen-bond donors (Lipinski definition) is 1. The fourth-order valence-corrected chi connectivity index (χ4v) is 6.48. The van der Waals surface area contributed by atoms with Crippen molar-refractivity contribution < 1.29 is 19.1 Å². The van der Waals surface area contributed by atoms with Crippen molar-refractivity contribution in [1.82, 2.24) is 15.1 Å².